The Morgan fingerprint density at radius 2 is 2.00 bits per heavy atom. The van der Waals surface area contributed by atoms with Crippen LogP contribution in [0.5, 0.6) is 0 Å². The fourth-order valence-electron chi connectivity index (χ4n) is 0.762. The van der Waals surface area contributed by atoms with Crippen LogP contribution < -0.4 is 11.2 Å². The smallest absolute Gasteiger partial charge is 0.310 e. The molecule has 1 aromatic rings. The Morgan fingerprint density at radius 1 is 1.36 bits per heavy atom. The molecule has 0 spiro atoms. The third-order valence-electron chi connectivity index (χ3n) is 1.31. The standard InChI is InChI=1S/C6H7ClN2O2/c1-2-3-4(7)5(10)9-6(11)8-3/h2H2,1H3,(H2,8,9,10,11). The van der Waals surface area contributed by atoms with Crippen molar-refractivity contribution in [1.82, 2.24) is 9.97 Å². The number of aryl methyl sites for hydroxylation is 1. The van der Waals surface area contributed by atoms with Gasteiger partial charge in [0.1, 0.15) is 5.02 Å². The molecule has 0 radical (unpaired) electrons. The first kappa shape index (κ1) is 8.07. The Kier molecular flexibility index (Phi) is 2.14. The van der Waals surface area contributed by atoms with E-state index in [1.165, 1.54) is 0 Å². The van der Waals surface area contributed by atoms with Gasteiger partial charge < -0.3 is 4.98 Å². The lowest BCUT2D eigenvalue weighted by molar-refractivity contribution is 0.936. The van der Waals surface area contributed by atoms with Crippen molar-refractivity contribution >= 4 is 11.6 Å². The highest BCUT2D eigenvalue weighted by Crippen LogP contribution is 2.04. The molecule has 4 nitrogen and oxygen atoms in total. The Hall–Kier alpha value is -1.03. The summed E-state index contributed by atoms with van der Waals surface area (Å²) >= 11 is 5.55. The average Bonchev–Trinajstić information content (AvgIpc) is 1.96. The van der Waals surface area contributed by atoms with Crippen molar-refractivity contribution in [1.29, 1.82) is 0 Å². The number of aromatic amines is 2. The third-order valence-corrected chi connectivity index (χ3v) is 1.71. The maximum atomic E-state index is 10.8. The predicted octanol–water partition coefficient (Wildman–Crippen LogP) is 0.279. The SMILES string of the molecule is CCc1[nH]c(=O)[nH]c(=O)c1Cl. The van der Waals surface area contributed by atoms with Crippen molar-refractivity contribution in [3.63, 3.8) is 0 Å². The molecule has 0 aromatic carbocycles. The Bertz CT molecular complexity index is 366. The zero-order valence-corrected chi connectivity index (χ0v) is 6.66. The zero-order valence-electron chi connectivity index (χ0n) is 5.90. The molecule has 1 aromatic heterocycles. The summed E-state index contributed by atoms with van der Waals surface area (Å²) < 4.78 is 0. The van der Waals surface area contributed by atoms with Gasteiger partial charge in [0.25, 0.3) is 5.56 Å². The van der Waals surface area contributed by atoms with Gasteiger partial charge in [-0.05, 0) is 6.42 Å². The Labute approximate surface area is 67.2 Å². The average molecular weight is 175 g/mol. The lowest BCUT2D eigenvalue weighted by atomic mass is 10.3. The van der Waals surface area contributed by atoms with Crippen LogP contribution in [0.3, 0.4) is 0 Å². The van der Waals surface area contributed by atoms with E-state index in [1.54, 1.807) is 6.92 Å². The molecule has 0 aliphatic rings. The number of rotatable bonds is 1. The zero-order chi connectivity index (χ0) is 8.43. The van der Waals surface area contributed by atoms with Crippen LogP contribution in [-0.4, -0.2) is 9.97 Å². The summed E-state index contributed by atoms with van der Waals surface area (Å²) in [7, 11) is 0. The molecule has 0 bridgehead atoms. The molecule has 1 heterocycles. The van der Waals surface area contributed by atoms with E-state index in [-0.39, 0.29) is 5.02 Å². The molecule has 0 aliphatic heterocycles. The van der Waals surface area contributed by atoms with Gasteiger partial charge in [0, 0.05) is 5.69 Å². The first-order valence-corrected chi connectivity index (χ1v) is 3.54. The van der Waals surface area contributed by atoms with Gasteiger partial charge >= 0.3 is 5.69 Å². The second-order valence-electron chi connectivity index (χ2n) is 2.05. The van der Waals surface area contributed by atoms with Crippen LogP contribution in [0.2, 0.25) is 5.02 Å². The van der Waals surface area contributed by atoms with Gasteiger partial charge in [-0.1, -0.05) is 18.5 Å². The topological polar surface area (TPSA) is 65.7 Å². The predicted molar refractivity (Wildman–Crippen MR) is 42.1 cm³/mol. The molecule has 60 valence electrons. The van der Waals surface area contributed by atoms with Crippen LogP contribution in [0.25, 0.3) is 0 Å². The van der Waals surface area contributed by atoms with Crippen molar-refractivity contribution in [2.75, 3.05) is 0 Å². The fraction of sp³-hybridized carbons (Fsp3) is 0.333. The van der Waals surface area contributed by atoms with Crippen molar-refractivity contribution in [2.24, 2.45) is 0 Å². The largest absolute Gasteiger partial charge is 0.325 e. The first-order chi connectivity index (χ1) is 5.15. The highest BCUT2D eigenvalue weighted by molar-refractivity contribution is 6.30. The molecular formula is C6H7ClN2O2. The Morgan fingerprint density at radius 3 is 2.55 bits per heavy atom. The van der Waals surface area contributed by atoms with Crippen molar-refractivity contribution in [3.8, 4) is 0 Å². The summed E-state index contributed by atoms with van der Waals surface area (Å²) in [4.78, 5) is 25.9. The van der Waals surface area contributed by atoms with Crippen LogP contribution >= 0.6 is 11.6 Å². The van der Waals surface area contributed by atoms with Crippen molar-refractivity contribution in [3.05, 3.63) is 31.6 Å². The molecule has 0 aliphatic carbocycles. The van der Waals surface area contributed by atoms with Crippen LogP contribution in [0.15, 0.2) is 9.59 Å². The molecular weight excluding hydrogens is 168 g/mol. The van der Waals surface area contributed by atoms with Crippen LogP contribution in [0.4, 0.5) is 0 Å². The van der Waals surface area contributed by atoms with Crippen LogP contribution in [0, 0.1) is 0 Å². The number of H-pyrrole nitrogens is 2. The monoisotopic (exact) mass is 174 g/mol. The van der Waals surface area contributed by atoms with Gasteiger partial charge in [-0.15, -0.1) is 0 Å². The molecule has 1 rings (SSSR count). The molecule has 0 amide bonds. The second-order valence-corrected chi connectivity index (χ2v) is 2.43. The molecule has 2 N–H and O–H groups in total. The van der Waals surface area contributed by atoms with Gasteiger partial charge in [-0.3, -0.25) is 9.78 Å². The van der Waals surface area contributed by atoms with E-state index in [2.05, 4.69) is 4.98 Å². The van der Waals surface area contributed by atoms with E-state index in [0.29, 0.717) is 12.1 Å². The van der Waals surface area contributed by atoms with Gasteiger partial charge in [0.2, 0.25) is 0 Å². The van der Waals surface area contributed by atoms with Crippen molar-refractivity contribution in [2.45, 2.75) is 13.3 Å². The van der Waals surface area contributed by atoms with Gasteiger partial charge in [0.05, 0.1) is 0 Å². The molecule has 0 atom stereocenters. The van der Waals surface area contributed by atoms with E-state index < -0.39 is 11.2 Å². The van der Waals surface area contributed by atoms with Gasteiger partial charge in [-0.2, -0.15) is 0 Å². The minimum Gasteiger partial charge on any atom is -0.310 e. The quantitative estimate of drug-likeness (QED) is 0.642. The number of nitrogens with one attached hydrogen (secondary N) is 2. The second kappa shape index (κ2) is 2.92. The summed E-state index contributed by atoms with van der Waals surface area (Å²) in [6.07, 6.45) is 0.540. The number of hydrogen-bond acceptors (Lipinski definition) is 2. The highest BCUT2D eigenvalue weighted by atomic mass is 35.5. The summed E-state index contributed by atoms with van der Waals surface area (Å²) in [6.45, 7) is 1.80. The number of aromatic nitrogens is 2. The highest BCUT2D eigenvalue weighted by Gasteiger charge is 2.02. The molecule has 0 saturated carbocycles. The summed E-state index contributed by atoms with van der Waals surface area (Å²) in [6, 6.07) is 0. The van der Waals surface area contributed by atoms with Gasteiger partial charge in [-0.25, -0.2) is 4.79 Å². The minimum absolute atomic E-state index is 0.0621. The summed E-state index contributed by atoms with van der Waals surface area (Å²) in [5.74, 6) is 0. The summed E-state index contributed by atoms with van der Waals surface area (Å²) in [5, 5.41) is 0.0621. The van der Waals surface area contributed by atoms with Crippen LogP contribution in [-0.2, 0) is 6.42 Å². The number of halogens is 1. The van der Waals surface area contributed by atoms with E-state index in [1.807, 2.05) is 4.98 Å². The normalized spacial score (nSPS) is 10.0. The lowest BCUT2D eigenvalue weighted by Crippen LogP contribution is -2.24. The fourth-order valence-corrected chi connectivity index (χ4v) is 0.990. The summed E-state index contributed by atoms with van der Waals surface area (Å²) in [5.41, 5.74) is -0.580. The third kappa shape index (κ3) is 1.51. The molecule has 11 heavy (non-hydrogen) atoms. The van der Waals surface area contributed by atoms with E-state index in [0.717, 1.165) is 0 Å². The van der Waals surface area contributed by atoms with E-state index in [4.69, 9.17) is 11.6 Å². The van der Waals surface area contributed by atoms with Crippen LogP contribution in [0.1, 0.15) is 12.6 Å². The lowest BCUT2D eigenvalue weighted by Gasteiger charge is -1.96. The maximum absolute atomic E-state index is 10.8. The van der Waals surface area contributed by atoms with E-state index in [9.17, 15) is 9.59 Å². The minimum atomic E-state index is -0.535. The molecule has 0 saturated heterocycles. The molecule has 0 fully saturated rings. The van der Waals surface area contributed by atoms with Gasteiger partial charge in [0.15, 0.2) is 0 Å². The maximum Gasteiger partial charge on any atom is 0.325 e. The molecule has 0 unspecified atom stereocenters. The number of hydrogen-bond donors (Lipinski definition) is 2. The first-order valence-electron chi connectivity index (χ1n) is 3.16. The van der Waals surface area contributed by atoms with E-state index >= 15 is 0 Å². The Balaban J connectivity index is 3.49. The molecule has 5 heteroatoms. The van der Waals surface area contributed by atoms with Crippen molar-refractivity contribution < 1.29 is 0 Å².